The molecule has 2 heterocycles. The first kappa shape index (κ1) is 16.2. The number of ether oxygens (including phenoxy) is 1. The predicted octanol–water partition coefficient (Wildman–Crippen LogP) is 3.02. The van der Waals surface area contributed by atoms with Crippen LogP contribution in [0, 0.1) is 24.0 Å². The topological polar surface area (TPSA) is 85.8 Å². The van der Waals surface area contributed by atoms with Crippen LogP contribution in [0.5, 0.6) is 0 Å². The van der Waals surface area contributed by atoms with Gasteiger partial charge in [0.05, 0.1) is 18.1 Å². The van der Waals surface area contributed by atoms with E-state index in [1.807, 2.05) is 19.1 Å². The number of nitro benzene ring substituents is 1. The lowest BCUT2D eigenvalue weighted by molar-refractivity contribution is -0.384. The SMILES string of the molecule is Cc1ccc(C2COCCN2C(=O)c2ccc([N+](=O)[O-])cc2C)o1. The molecule has 1 aliphatic heterocycles. The Morgan fingerprint density at radius 3 is 2.71 bits per heavy atom. The molecule has 1 fully saturated rings. The maximum absolute atomic E-state index is 13.0. The molecule has 0 saturated carbocycles. The van der Waals surface area contributed by atoms with Gasteiger partial charge in [-0.3, -0.25) is 14.9 Å². The Balaban J connectivity index is 1.91. The maximum atomic E-state index is 13.0. The third-order valence-electron chi connectivity index (χ3n) is 4.13. The highest BCUT2D eigenvalue weighted by Gasteiger charge is 2.32. The maximum Gasteiger partial charge on any atom is 0.269 e. The number of carbonyl (C=O) groups is 1. The largest absolute Gasteiger partial charge is 0.464 e. The molecule has 1 aliphatic rings. The van der Waals surface area contributed by atoms with Crippen molar-refractivity contribution in [2.75, 3.05) is 19.8 Å². The smallest absolute Gasteiger partial charge is 0.269 e. The molecule has 0 radical (unpaired) electrons. The predicted molar refractivity (Wildman–Crippen MR) is 85.9 cm³/mol. The van der Waals surface area contributed by atoms with E-state index in [4.69, 9.17) is 9.15 Å². The van der Waals surface area contributed by atoms with Crippen LogP contribution in [-0.4, -0.2) is 35.5 Å². The second-order valence-corrected chi connectivity index (χ2v) is 5.79. The van der Waals surface area contributed by atoms with Crippen LogP contribution in [0.4, 0.5) is 5.69 Å². The van der Waals surface area contributed by atoms with Gasteiger partial charge in [0.1, 0.15) is 17.6 Å². The first-order chi connectivity index (χ1) is 11.5. The summed E-state index contributed by atoms with van der Waals surface area (Å²) in [7, 11) is 0. The Hall–Kier alpha value is -2.67. The summed E-state index contributed by atoms with van der Waals surface area (Å²) in [5, 5.41) is 10.9. The lowest BCUT2D eigenvalue weighted by Crippen LogP contribution is -2.43. The average Bonchev–Trinajstić information content (AvgIpc) is 3.00. The molecule has 2 aromatic rings. The van der Waals surface area contributed by atoms with Crippen LogP contribution in [0.3, 0.4) is 0 Å². The van der Waals surface area contributed by atoms with Crippen LogP contribution in [-0.2, 0) is 4.74 Å². The normalized spacial score (nSPS) is 17.8. The molecule has 1 saturated heterocycles. The molecule has 7 heteroatoms. The van der Waals surface area contributed by atoms with Crippen molar-refractivity contribution in [2.24, 2.45) is 0 Å². The number of non-ortho nitro benzene ring substituents is 1. The summed E-state index contributed by atoms with van der Waals surface area (Å²) in [4.78, 5) is 25.0. The first-order valence-electron chi connectivity index (χ1n) is 7.67. The van der Waals surface area contributed by atoms with Crippen molar-refractivity contribution in [1.82, 2.24) is 4.90 Å². The Bertz CT molecular complexity index is 783. The number of morpholine rings is 1. The van der Waals surface area contributed by atoms with Crippen molar-refractivity contribution in [3.63, 3.8) is 0 Å². The summed E-state index contributed by atoms with van der Waals surface area (Å²) in [6.45, 7) is 4.81. The lowest BCUT2D eigenvalue weighted by atomic mass is 10.0. The molecule has 0 spiro atoms. The summed E-state index contributed by atoms with van der Waals surface area (Å²) in [6, 6.07) is 7.68. The van der Waals surface area contributed by atoms with E-state index in [-0.39, 0.29) is 17.6 Å². The van der Waals surface area contributed by atoms with E-state index in [1.54, 1.807) is 11.8 Å². The van der Waals surface area contributed by atoms with Crippen molar-refractivity contribution in [2.45, 2.75) is 19.9 Å². The van der Waals surface area contributed by atoms with Crippen molar-refractivity contribution < 1.29 is 18.9 Å². The Labute approximate surface area is 139 Å². The minimum absolute atomic E-state index is 0.0239. The van der Waals surface area contributed by atoms with Gasteiger partial charge >= 0.3 is 0 Å². The molecule has 7 nitrogen and oxygen atoms in total. The number of amides is 1. The summed E-state index contributed by atoms with van der Waals surface area (Å²) >= 11 is 0. The van der Waals surface area contributed by atoms with Crippen molar-refractivity contribution >= 4 is 11.6 Å². The van der Waals surface area contributed by atoms with E-state index in [9.17, 15) is 14.9 Å². The van der Waals surface area contributed by atoms with Gasteiger partial charge in [0.2, 0.25) is 0 Å². The number of rotatable bonds is 3. The zero-order chi connectivity index (χ0) is 17.3. The number of carbonyl (C=O) groups excluding carboxylic acids is 1. The van der Waals surface area contributed by atoms with Gasteiger partial charge in [0.25, 0.3) is 11.6 Å². The van der Waals surface area contributed by atoms with Crippen LogP contribution in [0.2, 0.25) is 0 Å². The van der Waals surface area contributed by atoms with Gasteiger partial charge in [0.15, 0.2) is 0 Å². The summed E-state index contributed by atoms with van der Waals surface area (Å²) in [5.74, 6) is 1.28. The average molecular weight is 330 g/mol. The Kier molecular flexibility index (Phi) is 4.35. The van der Waals surface area contributed by atoms with Crippen LogP contribution >= 0.6 is 0 Å². The molecule has 1 aromatic heterocycles. The summed E-state index contributed by atoms with van der Waals surface area (Å²) < 4.78 is 11.2. The van der Waals surface area contributed by atoms with Crippen molar-refractivity contribution in [1.29, 1.82) is 0 Å². The monoisotopic (exact) mass is 330 g/mol. The first-order valence-corrected chi connectivity index (χ1v) is 7.67. The van der Waals surface area contributed by atoms with E-state index in [0.717, 1.165) is 5.76 Å². The number of nitrogens with zero attached hydrogens (tertiary/aromatic N) is 2. The van der Waals surface area contributed by atoms with E-state index in [2.05, 4.69) is 0 Å². The molecule has 0 aliphatic carbocycles. The molecular weight excluding hydrogens is 312 g/mol. The van der Waals surface area contributed by atoms with Gasteiger partial charge in [-0.1, -0.05) is 0 Å². The van der Waals surface area contributed by atoms with Crippen LogP contribution in [0.15, 0.2) is 34.7 Å². The van der Waals surface area contributed by atoms with Crippen molar-refractivity contribution in [3.05, 3.63) is 63.1 Å². The molecule has 1 aromatic carbocycles. The van der Waals surface area contributed by atoms with Crippen LogP contribution in [0.1, 0.15) is 33.5 Å². The van der Waals surface area contributed by atoms with Gasteiger partial charge in [0, 0.05) is 24.2 Å². The van der Waals surface area contributed by atoms with Crippen LogP contribution < -0.4 is 0 Å². The highest BCUT2D eigenvalue weighted by atomic mass is 16.6. The zero-order valence-electron chi connectivity index (χ0n) is 13.5. The molecule has 126 valence electrons. The van der Waals surface area contributed by atoms with Gasteiger partial charge in [-0.05, 0) is 37.6 Å². The molecule has 1 amide bonds. The number of furan rings is 1. The Morgan fingerprint density at radius 2 is 2.08 bits per heavy atom. The standard InChI is InChI=1S/C17H18N2O5/c1-11-9-13(19(21)22)4-5-14(11)17(20)18-7-8-23-10-15(18)16-6-3-12(2)24-16/h3-6,9,15H,7-8,10H2,1-2H3. The fourth-order valence-corrected chi connectivity index (χ4v) is 2.87. The molecule has 0 bridgehead atoms. The third kappa shape index (κ3) is 3.03. The van der Waals surface area contributed by atoms with Gasteiger partial charge < -0.3 is 14.1 Å². The molecule has 1 atom stereocenters. The molecule has 1 unspecified atom stereocenters. The quantitative estimate of drug-likeness (QED) is 0.638. The number of aryl methyl sites for hydroxylation is 2. The van der Waals surface area contributed by atoms with E-state index >= 15 is 0 Å². The number of benzene rings is 1. The van der Waals surface area contributed by atoms with E-state index < -0.39 is 4.92 Å². The summed E-state index contributed by atoms with van der Waals surface area (Å²) in [5.41, 5.74) is 1.01. The zero-order valence-corrected chi connectivity index (χ0v) is 13.5. The second kappa shape index (κ2) is 6.45. The molecule has 3 rings (SSSR count). The highest BCUT2D eigenvalue weighted by molar-refractivity contribution is 5.96. The molecule has 0 N–H and O–H groups in total. The second-order valence-electron chi connectivity index (χ2n) is 5.79. The van der Waals surface area contributed by atoms with Crippen molar-refractivity contribution in [3.8, 4) is 0 Å². The fourth-order valence-electron chi connectivity index (χ4n) is 2.87. The Morgan fingerprint density at radius 1 is 1.29 bits per heavy atom. The number of hydrogen-bond acceptors (Lipinski definition) is 5. The minimum Gasteiger partial charge on any atom is -0.464 e. The fraction of sp³-hybridized carbons (Fsp3) is 0.353. The number of hydrogen-bond donors (Lipinski definition) is 0. The van der Waals surface area contributed by atoms with Gasteiger partial charge in [-0.25, -0.2) is 0 Å². The summed E-state index contributed by atoms with van der Waals surface area (Å²) in [6.07, 6.45) is 0. The van der Waals surface area contributed by atoms with Gasteiger partial charge in [-0.2, -0.15) is 0 Å². The number of nitro groups is 1. The van der Waals surface area contributed by atoms with Gasteiger partial charge in [-0.15, -0.1) is 0 Å². The lowest BCUT2D eigenvalue weighted by Gasteiger charge is -2.34. The van der Waals surface area contributed by atoms with E-state index in [0.29, 0.717) is 36.6 Å². The third-order valence-corrected chi connectivity index (χ3v) is 4.13. The molecule has 24 heavy (non-hydrogen) atoms. The highest BCUT2D eigenvalue weighted by Crippen LogP contribution is 2.28. The van der Waals surface area contributed by atoms with E-state index in [1.165, 1.54) is 18.2 Å². The van der Waals surface area contributed by atoms with Crippen LogP contribution in [0.25, 0.3) is 0 Å². The molecular formula is C17H18N2O5. The minimum atomic E-state index is -0.468.